The van der Waals surface area contributed by atoms with E-state index >= 15 is 0 Å². The van der Waals surface area contributed by atoms with E-state index in [4.69, 9.17) is 16.3 Å². The van der Waals surface area contributed by atoms with Gasteiger partial charge < -0.3 is 15.4 Å². The molecule has 0 aliphatic rings. The summed E-state index contributed by atoms with van der Waals surface area (Å²) < 4.78 is 19.9. The summed E-state index contributed by atoms with van der Waals surface area (Å²) in [5, 5.41) is 5.77. The number of carbonyl (C=O) groups excluding carboxylic acids is 2. The number of amides is 2. The van der Waals surface area contributed by atoms with Crippen LogP contribution in [0.2, 0.25) is 5.02 Å². The summed E-state index contributed by atoms with van der Waals surface area (Å²) in [6.07, 6.45) is 3.08. The number of benzene rings is 2. The van der Waals surface area contributed by atoms with Crippen LogP contribution in [-0.2, 0) is 11.3 Å². The van der Waals surface area contributed by atoms with Crippen molar-refractivity contribution in [3.8, 4) is 11.5 Å². The number of rotatable bonds is 8. The van der Waals surface area contributed by atoms with Gasteiger partial charge in [-0.3, -0.25) is 14.6 Å². The zero-order valence-electron chi connectivity index (χ0n) is 17.6. The third kappa shape index (κ3) is 6.04. The molecule has 1 unspecified atom stereocenters. The topological polar surface area (TPSA) is 80.3 Å². The maximum Gasteiger partial charge on any atom is 0.253 e. The first-order valence-electron chi connectivity index (χ1n) is 10.0. The first kappa shape index (κ1) is 23.2. The van der Waals surface area contributed by atoms with Crippen molar-refractivity contribution < 1.29 is 18.7 Å². The van der Waals surface area contributed by atoms with Gasteiger partial charge in [-0.2, -0.15) is 0 Å². The van der Waals surface area contributed by atoms with Crippen LogP contribution in [-0.4, -0.2) is 22.8 Å². The van der Waals surface area contributed by atoms with Crippen molar-refractivity contribution in [1.29, 1.82) is 0 Å². The summed E-state index contributed by atoms with van der Waals surface area (Å²) in [6.45, 7) is 3.73. The molecule has 0 fully saturated rings. The maximum absolute atomic E-state index is 14.4. The van der Waals surface area contributed by atoms with E-state index in [-0.39, 0.29) is 24.1 Å². The van der Waals surface area contributed by atoms with Crippen molar-refractivity contribution in [2.24, 2.45) is 5.92 Å². The molecule has 32 heavy (non-hydrogen) atoms. The second-order valence-electron chi connectivity index (χ2n) is 7.45. The molecule has 0 spiro atoms. The molecule has 3 aromatic rings. The molecule has 0 saturated heterocycles. The van der Waals surface area contributed by atoms with Crippen LogP contribution in [0.5, 0.6) is 11.5 Å². The standard InChI is InChI=1S/C24H23ClFN3O3/c1-15(2)22(29-23(30)18-7-3-4-8-19(18)25)24(31)28-13-16-9-10-21(20(26)12-16)32-17-6-5-11-27-14-17/h3-12,14-15,22H,13H2,1-2H3,(H,28,31)(H,29,30). The Hall–Kier alpha value is -3.45. The molecule has 2 amide bonds. The second-order valence-corrected chi connectivity index (χ2v) is 7.86. The van der Waals surface area contributed by atoms with Crippen LogP contribution in [0.4, 0.5) is 4.39 Å². The van der Waals surface area contributed by atoms with Gasteiger partial charge in [0.2, 0.25) is 5.91 Å². The van der Waals surface area contributed by atoms with Gasteiger partial charge in [0.25, 0.3) is 5.91 Å². The molecule has 2 N–H and O–H groups in total. The van der Waals surface area contributed by atoms with Crippen LogP contribution in [0, 0.1) is 11.7 Å². The zero-order chi connectivity index (χ0) is 23.1. The molecular formula is C24H23ClFN3O3. The molecule has 0 aliphatic heterocycles. The van der Waals surface area contributed by atoms with Gasteiger partial charge in [-0.1, -0.05) is 43.6 Å². The van der Waals surface area contributed by atoms with Crippen molar-refractivity contribution in [2.75, 3.05) is 0 Å². The molecule has 166 valence electrons. The van der Waals surface area contributed by atoms with Crippen molar-refractivity contribution in [3.63, 3.8) is 0 Å². The molecular weight excluding hydrogens is 433 g/mol. The molecule has 1 heterocycles. The Morgan fingerprint density at radius 1 is 1.12 bits per heavy atom. The molecule has 8 heteroatoms. The number of hydrogen-bond acceptors (Lipinski definition) is 4. The van der Waals surface area contributed by atoms with Gasteiger partial charge in [0.1, 0.15) is 11.8 Å². The normalized spacial score (nSPS) is 11.7. The quantitative estimate of drug-likeness (QED) is 0.514. The van der Waals surface area contributed by atoms with Crippen LogP contribution < -0.4 is 15.4 Å². The lowest BCUT2D eigenvalue weighted by Crippen LogP contribution is -2.49. The summed E-state index contributed by atoms with van der Waals surface area (Å²) in [5.41, 5.74) is 0.841. The highest BCUT2D eigenvalue weighted by Crippen LogP contribution is 2.24. The molecule has 1 aromatic heterocycles. The van der Waals surface area contributed by atoms with E-state index in [2.05, 4.69) is 15.6 Å². The fourth-order valence-electron chi connectivity index (χ4n) is 2.97. The molecule has 0 bridgehead atoms. The van der Waals surface area contributed by atoms with E-state index in [0.29, 0.717) is 21.9 Å². The number of hydrogen-bond donors (Lipinski definition) is 2. The van der Waals surface area contributed by atoms with Gasteiger partial charge in [-0.15, -0.1) is 0 Å². The average molecular weight is 456 g/mol. The van der Waals surface area contributed by atoms with Crippen LogP contribution in [0.3, 0.4) is 0 Å². The third-order valence-corrected chi connectivity index (χ3v) is 5.01. The number of carbonyl (C=O) groups is 2. The Morgan fingerprint density at radius 3 is 2.56 bits per heavy atom. The minimum absolute atomic E-state index is 0.0557. The molecule has 0 saturated carbocycles. The Labute approximate surface area is 190 Å². The van der Waals surface area contributed by atoms with Gasteiger partial charge in [0.15, 0.2) is 11.6 Å². The predicted octanol–water partition coefficient (Wildman–Crippen LogP) is 4.74. The summed E-state index contributed by atoms with van der Waals surface area (Å²) in [7, 11) is 0. The number of nitrogens with zero attached hydrogens (tertiary/aromatic N) is 1. The minimum Gasteiger partial charge on any atom is -0.453 e. The fourth-order valence-corrected chi connectivity index (χ4v) is 3.19. The van der Waals surface area contributed by atoms with Gasteiger partial charge in [0, 0.05) is 12.7 Å². The third-order valence-electron chi connectivity index (χ3n) is 4.68. The summed E-state index contributed by atoms with van der Waals surface area (Å²) in [5.74, 6) is -1.08. The molecule has 3 rings (SSSR count). The Kier molecular flexibility index (Phi) is 7.78. The smallest absolute Gasteiger partial charge is 0.253 e. The highest BCUT2D eigenvalue weighted by atomic mass is 35.5. The number of halogens is 2. The van der Waals surface area contributed by atoms with Crippen LogP contribution in [0.1, 0.15) is 29.8 Å². The lowest BCUT2D eigenvalue weighted by Gasteiger charge is -2.22. The zero-order valence-corrected chi connectivity index (χ0v) is 18.4. The van der Waals surface area contributed by atoms with Gasteiger partial charge in [0.05, 0.1) is 16.8 Å². The van der Waals surface area contributed by atoms with Crippen molar-refractivity contribution in [3.05, 3.63) is 89.0 Å². The monoisotopic (exact) mass is 455 g/mol. The Morgan fingerprint density at radius 2 is 1.91 bits per heavy atom. The lowest BCUT2D eigenvalue weighted by atomic mass is 10.0. The molecule has 0 radical (unpaired) electrons. The Balaban J connectivity index is 1.62. The molecule has 6 nitrogen and oxygen atoms in total. The Bertz CT molecular complexity index is 1090. The van der Waals surface area contributed by atoms with E-state index in [1.54, 1.807) is 48.7 Å². The van der Waals surface area contributed by atoms with Crippen molar-refractivity contribution in [1.82, 2.24) is 15.6 Å². The molecule has 2 aromatic carbocycles. The predicted molar refractivity (Wildman–Crippen MR) is 120 cm³/mol. The van der Waals surface area contributed by atoms with Crippen molar-refractivity contribution in [2.45, 2.75) is 26.4 Å². The molecule has 1 atom stereocenters. The lowest BCUT2D eigenvalue weighted by molar-refractivity contribution is -0.124. The van der Waals surface area contributed by atoms with Gasteiger partial charge >= 0.3 is 0 Å². The number of aromatic nitrogens is 1. The minimum atomic E-state index is -0.781. The highest BCUT2D eigenvalue weighted by Gasteiger charge is 2.25. The van der Waals surface area contributed by atoms with Crippen LogP contribution in [0.15, 0.2) is 67.0 Å². The van der Waals surface area contributed by atoms with E-state index in [1.807, 2.05) is 13.8 Å². The van der Waals surface area contributed by atoms with Crippen LogP contribution >= 0.6 is 11.6 Å². The van der Waals surface area contributed by atoms with Gasteiger partial charge in [-0.05, 0) is 47.9 Å². The van der Waals surface area contributed by atoms with E-state index in [1.165, 1.54) is 18.3 Å². The van der Waals surface area contributed by atoms with Gasteiger partial charge in [-0.25, -0.2) is 4.39 Å². The second kappa shape index (κ2) is 10.7. The molecule has 0 aliphatic carbocycles. The number of pyridine rings is 1. The van der Waals surface area contributed by atoms with Crippen molar-refractivity contribution >= 4 is 23.4 Å². The van der Waals surface area contributed by atoms with E-state index < -0.39 is 17.8 Å². The summed E-state index contributed by atoms with van der Waals surface area (Å²) in [6, 6.07) is 13.6. The van der Waals surface area contributed by atoms with E-state index in [0.717, 1.165) is 0 Å². The first-order valence-corrected chi connectivity index (χ1v) is 10.4. The number of nitrogens with one attached hydrogen (secondary N) is 2. The fraction of sp³-hybridized carbons (Fsp3) is 0.208. The van der Waals surface area contributed by atoms with Crippen LogP contribution in [0.25, 0.3) is 0 Å². The summed E-state index contributed by atoms with van der Waals surface area (Å²) >= 11 is 6.07. The van der Waals surface area contributed by atoms with E-state index in [9.17, 15) is 14.0 Å². The average Bonchev–Trinajstić information content (AvgIpc) is 2.78. The SMILES string of the molecule is CC(C)C(NC(=O)c1ccccc1Cl)C(=O)NCc1ccc(Oc2cccnc2)c(F)c1. The maximum atomic E-state index is 14.4. The summed E-state index contributed by atoms with van der Waals surface area (Å²) in [4.78, 5) is 29.2. The largest absolute Gasteiger partial charge is 0.453 e. The highest BCUT2D eigenvalue weighted by molar-refractivity contribution is 6.33. The first-order chi connectivity index (χ1) is 15.3. The number of ether oxygens (including phenoxy) is 1.